The van der Waals surface area contributed by atoms with Gasteiger partial charge in [-0.15, -0.1) is 11.3 Å². The van der Waals surface area contributed by atoms with Gasteiger partial charge in [-0.1, -0.05) is 36.4 Å². The minimum Gasteiger partial charge on any atom is -0.507 e. The lowest BCUT2D eigenvalue weighted by Gasteiger charge is -2.10. The summed E-state index contributed by atoms with van der Waals surface area (Å²) in [5, 5.41) is 12.6. The standard InChI is InChI=1S/C24H20N2O3S/c1-15-5-4-7-18(11-15)29-13-17-6-2-3-8-19(17)24-26-21(14-30-24)16-9-10-22(27)20(12-16)23(25)28/h2-12,14,27H,13H2,1H3,(H2,25,28). The Morgan fingerprint density at radius 3 is 2.73 bits per heavy atom. The fourth-order valence-electron chi connectivity index (χ4n) is 3.14. The van der Waals surface area contributed by atoms with E-state index in [0.29, 0.717) is 12.3 Å². The van der Waals surface area contributed by atoms with Gasteiger partial charge in [0.05, 0.1) is 11.3 Å². The van der Waals surface area contributed by atoms with Crippen molar-refractivity contribution in [3.63, 3.8) is 0 Å². The van der Waals surface area contributed by atoms with Crippen molar-refractivity contribution < 1.29 is 14.6 Å². The summed E-state index contributed by atoms with van der Waals surface area (Å²) in [6.45, 7) is 2.46. The van der Waals surface area contributed by atoms with E-state index in [1.807, 2.05) is 60.8 Å². The van der Waals surface area contributed by atoms with Crippen LogP contribution in [0.4, 0.5) is 0 Å². The molecule has 0 saturated carbocycles. The second kappa shape index (κ2) is 8.39. The molecule has 3 aromatic carbocycles. The van der Waals surface area contributed by atoms with Crippen LogP contribution in [0.2, 0.25) is 0 Å². The van der Waals surface area contributed by atoms with E-state index in [4.69, 9.17) is 15.5 Å². The number of thiazole rings is 1. The molecule has 4 rings (SSSR count). The molecule has 4 aromatic rings. The lowest BCUT2D eigenvalue weighted by Crippen LogP contribution is -2.11. The van der Waals surface area contributed by atoms with Crippen molar-refractivity contribution in [2.45, 2.75) is 13.5 Å². The van der Waals surface area contributed by atoms with Crippen LogP contribution in [0, 0.1) is 6.92 Å². The number of amides is 1. The Morgan fingerprint density at radius 2 is 1.93 bits per heavy atom. The zero-order valence-corrected chi connectivity index (χ0v) is 17.1. The van der Waals surface area contributed by atoms with Gasteiger partial charge in [0.2, 0.25) is 0 Å². The van der Waals surface area contributed by atoms with Crippen molar-refractivity contribution in [2.75, 3.05) is 0 Å². The van der Waals surface area contributed by atoms with Gasteiger partial charge in [-0.3, -0.25) is 4.79 Å². The van der Waals surface area contributed by atoms with Gasteiger partial charge in [-0.05, 0) is 48.4 Å². The molecule has 30 heavy (non-hydrogen) atoms. The summed E-state index contributed by atoms with van der Waals surface area (Å²) in [6, 6.07) is 20.7. The molecule has 0 bridgehead atoms. The van der Waals surface area contributed by atoms with Gasteiger partial charge < -0.3 is 15.6 Å². The highest BCUT2D eigenvalue weighted by Crippen LogP contribution is 2.33. The topological polar surface area (TPSA) is 85.4 Å². The number of benzene rings is 3. The smallest absolute Gasteiger partial charge is 0.252 e. The number of aryl methyl sites for hydroxylation is 1. The summed E-state index contributed by atoms with van der Waals surface area (Å²) in [5.41, 5.74) is 10.0. The molecule has 6 heteroatoms. The SMILES string of the molecule is Cc1cccc(OCc2ccccc2-c2nc(-c3ccc(O)c(C(N)=O)c3)cs2)c1. The third-order valence-electron chi connectivity index (χ3n) is 4.69. The highest BCUT2D eigenvalue weighted by atomic mass is 32.1. The summed E-state index contributed by atoms with van der Waals surface area (Å²) in [5.74, 6) is 0.0106. The molecule has 150 valence electrons. The number of aromatic hydroxyl groups is 1. The number of rotatable bonds is 6. The summed E-state index contributed by atoms with van der Waals surface area (Å²) in [6.07, 6.45) is 0. The number of hydrogen-bond acceptors (Lipinski definition) is 5. The monoisotopic (exact) mass is 416 g/mol. The van der Waals surface area contributed by atoms with Crippen molar-refractivity contribution >= 4 is 17.2 Å². The van der Waals surface area contributed by atoms with E-state index >= 15 is 0 Å². The van der Waals surface area contributed by atoms with Gasteiger partial charge in [-0.2, -0.15) is 0 Å². The first kappa shape index (κ1) is 19.7. The Morgan fingerprint density at radius 1 is 1.10 bits per heavy atom. The average molecular weight is 417 g/mol. The van der Waals surface area contributed by atoms with E-state index in [2.05, 4.69) is 0 Å². The molecule has 0 atom stereocenters. The normalized spacial score (nSPS) is 10.7. The largest absolute Gasteiger partial charge is 0.507 e. The first-order chi connectivity index (χ1) is 14.5. The fourth-order valence-corrected chi connectivity index (χ4v) is 4.03. The molecule has 0 unspecified atom stereocenters. The third-order valence-corrected chi connectivity index (χ3v) is 5.57. The lowest BCUT2D eigenvalue weighted by atomic mass is 10.1. The van der Waals surface area contributed by atoms with Crippen molar-refractivity contribution in [3.05, 3.63) is 88.8 Å². The van der Waals surface area contributed by atoms with Crippen molar-refractivity contribution in [2.24, 2.45) is 5.73 Å². The minimum atomic E-state index is -0.677. The van der Waals surface area contributed by atoms with E-state index in [9.17, 15) is 9.90 Å². The second-order valence-corrected chi connectivity index (χ2v) is 7.75. The maximum absolute atomic E-state index is 11.5. The summed E-state index contributed by atoms with van der Waals surface area (Å²) < 4.78 is 5.98. The molecule has 1 aromatic heterocycles. The number of nitrogens with zero attached hydrogens (tertiary/aromatic N) is 1. The Labute approximate surface area is 178 Å². The van der Waals surface area contributed by atoms with Crippen LogP contribution in [0.15, 0.2) is 72.1 Å². The molecule has 0 aliphatic heterocycles. The molecule has 5 nitrogen and oxygen atoms in total. The molecule has 3 N–H and O–H groups in total. The van der Waals surface area contributed by atoms with Crippen LogP contribution in [-0.2, 0) is 6.61 Å². The van der Waals surface area contributed by atoms with E-state index in [1.165, 1.54) is 17.4 Å². The maximum atomic E-state index is 11.5. The number of primary amides is 1. The molecule has 0 aliphatic carbocycles. The van der Waals surface area contributed by atoms with Crippen LogP contribution in [0.25, 0.3) is 21.8 Å². The van der Waals surface area contributed by atoms with Gasteiger partial charge >= 0.3 is 0 Å². The number of nitrogens with two attached hydrogens (primary N) is 1. The van der Waals surface area contributed by atoms with Crippen molar-refractivity contribution in [1.29, 1.82) is 0 Å². The zero-order chi connectivity index (χ0) is 21.1. The molecule has 0 fully saturated rings. The molecular formula is C24H20N2O3S. The van der Waals surface area contributed by atoms with Gasteiger partial charge in [0.25, 0.3) is 5.91 Å². The van der Waals surface area contributed by atoms with Crippen molar-refractivity contribution in [3.8, 4) is 33.3 Å². The van der Waals surface area contributed by atoms with E-state index < -0.39 is 5.91 Å². The average Bonchev–Trinajstić information content (AvgIpc) is 3.23. The van der Waals surface area contributed by atoms with Crippen LogP contribution < -0.4 is 10.5 Å². The predicted octanol–water partition coefficient (Wildman–Crippen LogP) is 5.17. The Kier molecular flexibility index (Phi) is 5.50. The van der Waals surface area contributed by atoms with Crippen LogP contribution in [0.3, 0.4) is 0 Å². The molecular weight excluding hydrogens is 396 g/mol. The van der Waals surface area contributed by atoms with Crippen molar-refractivity contribution in [1.82, 2.24) is 4.98 Å². The molecule has 0 aliphatic rings. The minimum absolute atomic E-state index is 0.0778. The lowest BCUT2D eigenvalue weighted by molar-refractivity contribution is 0.0998. The fraction of sp³-hybridized carbons (Fsp3) is 0.0833. The van der Waals surface area contributed by atoms with Gasteiger partial charge in [0.1, 0.15) is 23.1 Å². The number of hydrogen-bond donors (Lipinski definition) is 2. The number of phenols is 1. The molecule has 0 spiro atoms. The van der Waals surface area contributed by atoms with Crippen LogP contribution in [-0.4, -0.2) is 16.0 Å². The maximum Gasteiger partial charge on any atom is 0.252 e. The summed E-state index contributed by atoms with van der Waals surface area (Å²) in [7, 11) is 0. The van der Waals surface area contributed by atoms with Crippen LogP contribution in [0.5, 0.6) is 11.5 Å². The Bertz CT molecular complexity index is 1220. The predicted molar refractivity (Wildman–Crippen MR) is 119 cm³/mol. The molecule has 0 radical (unpaired) electrons. The van der Waals surface area contributed by atoms with Crippen LogP contribution >= 0.6 is 11.3 Å². The highest BCUT2D eigenvalue weighted by molar-refractivity contribution is 7.13. The van der Waals surface area contributed by atoms with E-state index in [1.54, 1.807) is 12.1 Å². The summed E-state index contributed by atoms with van der Waals surface area (Å²) in [4.78, 5) is 16.3. The molecule has 1 heterocycles. The van der Waals surface area contributed by atoms with Gasteiger partial charge in [-0.25, -0.2) is 4.98 Å². The number of carbonyl (C=O) groups excluding carboxylic acids is 1. The number of ether oxygens (including phenoxy) is 1. The highest BCUT2D eigenvalue weighted by Gasteiger charge is 2.14. The first-order valence-corrected chi connectivity index (χ1v) is 10.3. The first-order valence-electron chi connectivity index (χ1n) is 9.38. The Hall–Kier alpha value is -3.64. The molecule has 1 amide bonds. The third kappa shape index (κ3) is 4.18. The van der Waals surface area contributed by atoms with Gasteiger partial charge in [0, 0.05) is 16.5 Å². The van der Waals surface area contributed by atoms with Gasteiger partial charge in [0.15, 0.2) is 0 Å². The number of carbonyl (C=O) groups is 1. The summed E-state index contributed by atoms with van der Waals surface area (Å²) >= 11 is 1.51. The van der Waals surface area contributed by atoms with E-state index in [-0.39, 0.29) is 11.3 Å². The number of aromatic nitrogens is 1. The Balaban J connectivity index is 1.61. The quantitative estimate of drug-likeness (QED) is 0.454. The second-order valence-electron chi connectivity index (χ2n) is 6.90. The van der Waals surface area contributed by atoms with E-state index in [0.717, 1.165) is 33.0 Å². The zero-order valence-electron chi connectivity index (χ0n) is 16.3. The van der Waals surface area contributed by atoms with Crippen LogP contribution in [0.1, 0.15) is 21.5 Å². The molecule has 0 saturated heterocycles.